The Balaban J connectivity index is 1.95. The predicted octanol–water partition coefficient (Wildman–Crippen LogP) is 5.37. The topological polar surface area (TPSA) is 72.2 Å². The van der Waals surface area contributed by atoms with Crippen LogP contribution < -0.4 is 5.32 Å². The van der Waals surface area contributed by atoms with Gasteiger partial charge in [0.1, 0.15) is 4.88 Å². The molecule has 0 fully saturated rings. The van der Waals surface area contributed by atoms with Crippen molar-refractivity contribution in [2.24, 2.45) is 0 Å². The Hall–Kier alpha value is -2.15. The summed E-state index contributed by atoms with van der Waals surface area (Å²) in [5.41, 5.74) is 0.220. The van der Waals surface area contributed by atoms with Crippen LogP contribution in [0.25, 0.3) is 10.1 Å². The molecule has 1 N–H and O–H groups in total. The van der Waals surface area contributed by atoms with Gasteiger partial charge in [-0.3, -0.25) is 14.9 Å². The molecule has 5 nitrogen and oxygen atoms in total. The molecule has 0 unspecified atom stereocenters. The number of hydrogen-bond donors (Lipinski definition) is 1. The fourth-order valence-electron chi connectivity index (χ4n) is 2.10. The van der Waals surface area contributed by atoms with Gasteiger partial charge in [0.25, 0.3) is 11.6 Å². The molecule has 0 radical (unpaired) electrons. The maximum absolute atomic E-state index is 12.4. The summed E-state index contributed by atoms with van der Waals surface area (Å²) >= 11 is 13.6. The van der Waals surface area contributed by atoms with E-state index in [1.807, 2.05) is 6.07 Å². The molecule has 8 heteroatoms. The second-order valence-electron chi connectivity index (χ2n) is 4.62. The van der Waals surface area contributed by atoms with Gasteiger partial charge in [0.15, 0.2) is 0 Å². The third-order valence-corrected chi connectivity index (χ3v) is 5.09. The van der Waals surface area contributed by atoms with E-state index in [-0.39, 0.29) is 10.7 Å². The quantitative estimate of drug-likeness (QED) is 0.500. The van der Waals surface area contributed by atoms with Crippen molar-refractivity contribution in [2.75, 3.05) is 5.32 Å². The molecule has 0 spiro atoms. The summed E-state index contributed by atoms with van der Waals surface area (Å²) in [6.07, 6.45) is 0. The highest BCUT2D eigenvalue weighted by Gasteiger charge is 2.19. The Morgan fingerprint density at radius 1 is 1.17 bits per heavy atom. The first-order chi connectivity index (χ1) is 11.0. The van der Waals surface area contributed by atoms with Gasteiger partial charge in [-0.05, 0) is 18.2 Å². The van der Waals surface area contributed by atoms with Crippen LogP contribution >= 0.6 is 34.5 Å². The first kappa shape index (κ1) is 15.7. The van der Waals surface area contributed by atoms with E-state index >= 15 is 0 Å². The van der Waals surface area contributed by atoms with Crippen LogP contribution in [-0.4, -0.2) is 10.8 Å². The summed E-state index contributed by atoms with van der Waals surface area (Å²) in [5, 5.41) is 14.8. The maximum Gasteiger partial charge on any atom is 0.271 e. The Kier molecular flexibility index (Phi) is 4.21. The number of rotatable bonds is 3. The zero-order chi connectivity index (χ0) is 16.6. The van der Waals surface area contributed by atoms with E-state index in [0.717, 1.165) is 4.70 Å². The van der Waals surface area contributed by atoms with Crippen LogP contribution in [-0.2, 0) is 0 Å². The second kappa shape index (κ2) is 6.16. The van der Waals surface area contributed by atoms with Crippen molar-refractivity contribution in [1.82, 2.24) is 0 Å². The SMILES string of the molecule is O=C(Nc1cccc([N+](=O)[O-])c1)c1sc2cccc(Cl)c2c1Cl. The van der Waals surface area contributed by atoms with Crippen molar-refractivity contribution in [1.29, 1.82) is 0 Å². The van der Waals surface area contributed by atoms with Crippen LogP contribution in [0.1, 0.15) is 9.67 Å². The van der Waals surface area contributed by atoms with Gasteiger partial charge in [0.2, 0.25) is 0 Å². The van der Waals surface area contributed by atoms with Crippen LogP contribution in [0, 0.1) is 10.1 Å². The highest BCUT2D eigenvalue weighted by Crippen LogP contribution is 2.39. The van der Waals surface area contributed by atoms with Gasteiger partial charge in [-0.15, -0.1) is 11.3 Å². The van der Waals surface area contributed by atoms with Crippen molar-refractivity contribution >= 4 is 61.9 Å². The van der Waals surface area contributed by atoms with E-state index < -0.39 is 10.8 Å². The molecule has 0 aliphatic carbocycles. The van der Waals surface area contributed by atoms with Gasteiger partial charge in [-0.2, -0.15) is 0 Å². The molecule has 0 bridgehead atoms. The standard InChI is InChI=1S/C15H8Cl2N2O3S/c16-10-5-2-6-11-12(10)13(17)14(23-11)15(20)18-8-3-1-4-9(7-8)19(21)22/h1-7H,(H,18,20). The van der Waals surface area contributed by atoms with Crippen LogP contribution in [0.15, 0.2) is 42.5 Å². The fraction of sp³-hybridized carbons (Fsp3) is 0. The van der Waals surface area contributed by atoms with E-state index in [4.69, 9.17) is 23.2 Å². The number of non-ortho nitro benzene ring substituents is 1. The summed E-state index contributed by atoms with van der Waals surface area (Å²) in [7, 11) is 0. The second-order valence-corrected chi connectivity index (χ2v) is 6.46. The van der Waals surface area contributed by atoms with Crippen molar-refractivity contribution in [3.63, 3.8) is 0 Å². The van der Waals surface area contributed by atoms with Crippen LogP contribution in [0.3, 0.4) is 0 Å². The molecule has 0 saturated carbocycles. The number of thiophene rings is 1. The van der Waals surface area contributed by atoms with Gasteiger partial charge in [-0.25, -0.2) is 0 Å². The molecule has 1 amide bonds. The Morgan fingerprint density at radius 2 is 1.91 bits per heavy atom. The number of carbonyl (C=O) groups excluding carboxylic acids is 1. The molecule has 0 atom stereocenters. The lowest BCUT2D eigenvalue weighted by Crippen LogP contribution is -2.10. The van der Waals surface area contributed by atoms with Gasteiger partial charge < -0.3 is 5.32 Å². The van der Waals surface area contributed by atoms with Gasteiger partial charge in [-0.1, -0.05) is 35.3 Å². The minimum Gasteiger partial charge on any atom is -0.321 e. The van der Waals surface area contributed by atoms with Gasteiger partial charge >= 0.3 is 0 Å². The number of nitro groups is 1. The smallest absolute Gasteiger partial charge is 0.271 e. The van der Waals surface area contributed by atoms with E-state index in [1.54, 1.807) is 18.2 Å². The highest BCUT2D eigenvalue weighted by atomic mass is 35.5. The zero-order valence-electron chi connectivity index (χ0n) is 11.4. The normalized spacial score (nSPS) is 10.7. The molecule has 3 aromatic rings. The molecule has 2 aromatic carbocycles. The largest absolute Gasteiger partial charge is 0.321 e. The lowest BCUT2D eigenvalue weighted by atomic mass is 10.2. The number of nitrogens with one attached hydrogen (secondary N) is 1. The number of hydrogen-bond acceptors (Lipinski definition) is 4. The summed E-state index contributed by atoms with van der Waals surface area (Å²) in [5.74, 6) is -0.437. The lowest BCUT2D eigenvalue weighted by molar-refractivity contribution is -0.384. The third kappa shape index (κ3) is 3.01. The summed E-state index contributed by atoms with van der Waals surface area (Å²) < 4.78 is 0.798. The fourth-order valence-corrected chi connectivity index (χ4v) is 3.95. The molecule has 23 heavy (non-hydrogen) atoms. The number of halogens is 2. The molecule has 0 aliphatic heterocycles. The average Bonchev–Trinajstić information content (AvgIpc) is 2.86. The number of carbonyl (C=O) groups is 1. The van der Waals surface area contributed by atoms with Crippen LogP contribution in [0.5, 0.6) is 0 Å². The molecule has 0 aliphatic rings. The molecular weight excluding hydrogens is 359 g/mol. The minimum absolute atomic E-state index is 0.103. The number of amides is 1. The molecule has 1 heterocycles. The van der Waals surface area contributed by atoms with E-state index in [9.17, 15) is 14.9 Å². The third-order valence-electron chi connectivity index (χ3n) is 3.13. The summed E-state index contributed by atoms with van der Waals surface area (Å²) in [6, 6.07) is 11.0. The summed E-state index contributed by atoms with van der Waals surface area (Å²) in [6.45, 7) is 0. The molecule has 3 rings (SSSR count). The number of benzene rings is 2. The van der Waals surface area contributed by atoms with E-state index in [0.29, 0.717) is 21.0 Å². The molecule has 0 saturated heterocycles. The molecule has 116 valence electrons. The van der Waals surface area contributed by atoms with Crippen molar-refractivity contribution < 1.29 is 9.72 Å². The van der Waals surface area contributed by atoms with Crippen molar-refractivity contribution in [3.8, 4) is 0 Å². The highest BCUT2D eigenvalue weighted by molar-refractivity contribution is 7.21. The monoisotopic (exact) mass is 366 g/mol. The Morgan fingerprint density at radius 3 is 2.61 bits per heavy atom. The van der Waals surface area contributed by atoms with E-state index in [2.05, 4.69) is 5.32 Å². The minimum atomic E-state index is -0.526. The number of nitrogens with zero attached hydrogens (tertiary/aromatic N) is 1. The average molecular weight is 367 g/mol. The van der Waals surface area contributed by atoms with Crippen molar-refractivity contribution in [3.05, 3.63) is 67.5 Å². The number of nitro benzene ring substituents is 1. The molecule has 1 aromatic heterocycles. The first-order valence-corrected chi connectivity index (χ1v) is 7.97. The van der Waals surface area contributed by atoms with Gasteiger partial charge in [0.05, 0.1) is 15.0 Å². The number of anilines is 1. The molecular formula is C15H8Cl2N2O3S. The summed E-state index contributed by atoms with van der Waals surface area (Å²) in [4.78, 5) is 23.0. The number of fused-ring (bicyclic) bond motifs is 1. The Bertz CT molecular complexity index is 940. The zero-order valence-corrected chi connectivity index (χ0v) is 13.7. The van der Waals surface area contributed by atoms with Gasteiger partial charge in [0, 0.05) is 27.9 Å². The van der Waals surface area contributed by atoms with Crippen LogP contribution in [0.2, 0.25) is 10.0 Å². The predicted molar refractivity (Wildman–Crippen MR) is 92.9 cm³/mol. The van der Waals surface area contributed by atoms with E-state index in [1.165, 1.54) is 29.5 Å². The maximum atomic E-state index is 12.4. The first-order valence-electron chi connectivity index (χ1n) is 6.39. The lowest BCUT2D eigenvalue weighted by Gasteiger charge is -2.03. The van der Waals surface area contributed by atoms with Crippen LogP contribution in [0.4, 0.5) is 11.4 Å². The van der Waals surface area contributed by atoms with Crippen molar-refractivity contribution in [2.45, 2.75) is 0 Å². The Labute approximate surface area is 144 Å².